The number of anilines is 1. The molecule has 0 saturated heterocycles. The number of hydrogen-bond acceptors (Lipinski definition) is 5. The second-order valence-corrected chi connectivity index (χ2v) is 4.32. The number of likely N-dealkylation sites (N-methyl/N-ethyl adjacent to an activating group) is 1. The summed E-state index contributed by atoms with van der Waals surface area (Å²) in [7, 11) is 1.73. The Kier molecular flexibility index (Phi) is 3.74. The van der Waals surface area contributed by atoms with E-state index in [4.69, 9.17) is 5.73 Å². The van der Waals surface area contributed by atoms with Gasteiger partial charge in [-0.1, -0.05) is 6.07 Å². The highest BCUT2D eigenvalue weighted by atomic mass is 16.2. The maximum atomic E-state index is 12.0. The van der Waals surface area contributed by atoms with E-state index in [-0.39, 0.29) is 18.4 Å². The fraction of sp³-hybridized carbons (Fsp3) is 0.333. The summed E-state index contributed by atoms with van der Waals surface area (Å²) in [6.45, 7) is 2.50. The topological polar surface area (TPSA) is 89.9 Å². The number of nitrogens with zero attached hydrogens (tertiary/aromatic N) is 5. The molecule has 7 heteroatoms. The summed E-state index contributed by atoms with van der Waals surface area (Å²) in [6.07, 6.45) is 1.44. The molecule has 2 rings (SSSR count). The monoisotopic (exact) mass is 260 g/mol. The van der Waals surface area contributed by atoms with Crippen LogP contribution in [0, 0.1) is 6.92 Å². The van der Waals surface area contributed by atoms with E-state index in [1.165, 1.54) is 11.0 Å². The van der Waals surface area contributed by atoms with E-state index in [2.05, 4.69) is 15.1 Å². The second kappa shape index (κ2) is 5.47. The molecule has 7 nitrogen and oxygen atoms in total. The Morgan fingerprint density at radius 3 is 2.89 bits per heavy atom. The first-order chi connectivity index (χ1) is 9.04. The van der Waals surface area contributed by atoms with Gasteiger partial charge in [-0.3, -0.25) is 9.78 Å². The first-order valence-electron chi connectivity index (χ1n) is 5.86. The molecule has 2 aromatic heterocycles. The van der Waals surface area contributed by atoms with E-state index < -0.39 is 0 Å². The summed E-state index contributed by atoms with van der Waals surface area (Å²) in [5.74, 6) is 0.0870. The summed E-state index contributed by atoms with van der Waals surface area (Å²) in [5, 5.41) is 3.87. The number of nitrogens with two attached hydrogens (primary N) is 1. The molecule has 0 aliphatic carbocycles. The number of carbonyl (C=O) groups is 1. The molecule has 0 radical (unpaired) electrons. The van der Waals surface area contributed by atoms with Crippen LogP contribution in [-0.2, 0) is 17.9 Å². The van der Waals surface area contributed by atoms with Gasteiger partial charge in [-0.2, -0.15) is 0 Å². The molecule has 0 atom stereocenters. The lowest BCUT2D eigenvalue weighted by Gasteiger charge is -2.16. The lowest BCUT2D eigenvalue weighted by molar-refractivity contribution is -0.131. The number of carbonyl (C=O) groups excluding carboxylic acids is 1. The third kappa shape index (κ3) is 3.51. The zero-order valence-corrected chi connectivity index (χ0v) is 10.9. The van der Waals surface area contributed by atoms with Crippen LogP contribution in [0.15, 0.2) is 24.5 Å². The van der Waals surface area contributed by atoms with Crippen molar-refractivity contribution in [1.29, 1.82) is 0 Å². The molecular formula is C12H16N6O. The van der Waals surface area contributed by atoms with Gasteiger partial charge < -0.3 is 10.6 Å². The smallest absolute Gasteiger partial charge is 0.244 e. The molecule has 19 heavy (non-hydrogen) atoms. The zero-order chi connectivity index (χ0) is 13.8. The second-order valence-electron chi connectivity index (χ2n) is 4.32. The molecule has 1 amide bonds. The number of aryl methyl sites for hydroxylation is 1. The molecule has 0 aliphatic rings. The average molecular weight is 260 g/mol. The molecule has 0 unspecified atom stereocenters. The molecule has 2 N–H and O–H groups in total. The fourth-order valence-electron chi connectivity index (χ4n) is 1.66. The van der Waals surface area contributed by atoms with Crippen molar-refractivity contribution in [3.05, 3.63) is 35.9 Å². The minimum absolute atomic E-state index is 0.0757. The van der Waals surface area contributed by atoms with Crippen molar-refractivity contribution < 1.29 is 4.79 Å². The maximum absolute atomic E-state index is 12.0. The Balaban J connectivity index is 1.96. The van der Waals surface area contributed by atoms with Crippen LogP contribution in [0.4, 0.5) is 5.95 Å². The van der Waals surface area contributed by atoms with Crippen LogP contribution in [0.25, 0.3) is 0 Å². The summed E-state index contributed by atoms with van der Waals surface area (Å²) in [5.41, 5.74) is 7.18. The third-order valence-corrected chi connectivity index (χ3v) is 2.62. The van der Waals surface area contributed by atoms with Crippen LogP contribution in [-0.4, -0.2) is 37.6 Å². The number of nitrogen functional groups attached to an aromatic ring is 1. The van der Waals surface area contributed by atoms with Gasteiger partial charge in [0.1, 0.15) is 12.9 Å². The van der Waals surface area contributed by atoms with E-state index in [0.29, 0.717) is 6.54 Å². The predicted molar refractivity (Wildman–Crippen MR) is 69.9 cm³/mol. The van der Waals surface area contributed by atoms with Crippen molar-refractivity contribution in [2.75, 3.05) is 12.8 Å². The molecule has 0 fully saturated rings. The summed E-state index contributed by atoms with van der Waals surface area (Å²) in [4.78, 5) is 21.7. The van der Waals surface area contributed by atoms with Crippen molar-refractivity contribution in [2.24, 2.45) is 0 Å². The molecule has 0 saturated carbocycles. The highest BCUT2D eigenvalue weighted by Gasteiger charge is 2.11. The van der Waals surface area contributed by atoms with Crippen molar-refractivity contribution in [1.82, 2.24) is 24.6 Å². The Hall–Kier alpha value is -2.44. The lowest BCUT2D eigenvalue weighted by Crippen LogP contribution is -2.30. The molecule has 100 valence electrons. The minimum atomic E-state index is -0.0757. The number of hydrogen-bond donors (Lipinski definition) is 1. The summed E-state index contributed by atoms with van der Waals surface area (Å²) >= 11 is 0. The number of pyridine rings is 1. The highest BCUT2D eigenvalue weighted by molar-refractivity contribution is 5.75. The minimum Gasteiger partial charge on any atom is -0.367 e. The SMILES string of the molecule is Cc1cccc(CN(C)C(=O)Cn2cnc(N)n2)n1. The van der Waals surface area contributed by atoms with E-state index >= 15 is 0 Å². The molecular weight excluding hydrogens is 244 g/mol. The van der Waals surface area contributed by atoms with Crippen molar-refractivity contribution >= 4 is 11.9 Å². The lowest BCUT2D eigenvalue weighted by atomic mass is 10.3. The van der Waals surface area contributed by atoms with Gasteiger partial charge in [0.05, 0.1) is 12.2 Å². The zero-order valence-electron chi connectivity index (χ0n) is 10.9. The Morgan fingerprint density at radius 1 is 1.47 bits per heavy atom. The van der Waals surface area contributed by atoms with Gasteiger partial charge in [0.25, 0.3) is 0 Å². The van der Waals surface area contributed by atoms with Gasteiger partial charge in [0.2, 0.25) is 11.9 Å². The predicted octanol–water partition coefficient (Wildman–Crippen LogP) is 0.222. The van der Waals surface area contributed by atoms with Crippen LogP contribution in [0.2, 0.25) is 0 Å². The number of amides is 1. The van der Waals surface area contributed by atoms with E-state index in [9.17, 15) is 4.79 Å². The van der Waals surface area contributed by atoms with Gasteiger partial charge in [-0.05, 0) is 19.1 Å². The Morgan fingerprint density at radius 2 is 2.26 bits per heavy atom. The average Bonchev–Trinajstić information content (AvgIpc) is 2.74. The molecule has 0 spiro atoms. The van der Waals surface area contributed by atoms with Crippen molar-refractivity contribution in [3.63, 3.8) is 0 Å². The van der Waals surface area contributed by atoms with Crippen LogP contribution in [0.3, 0.4) is 0 Å². The molecule has 2 aromatic rings. The fourth-order valence-corrected chi connectivity index (χ4v) is 1.66. The largest absolute Gasteiger partial charge is 0.367 e. The van der Waals surface area contributed by atoms with Gasteiger partial charge in [0.15, 0.2) is 0 Å². The van der Waals surface area contributed by atoms with Gasteiger partial charge in [0, 0.05) is 12.7 Å². The van der Waals surface area contributed by atoms with Gasteiger partial charge in [-0.25, -0.2) is 9.67 Å². The first kappa shape index (κ1) is 13.0. The quantitative estimate of drug-likeness (QED) is 0.849. The third-order valence-electron chi connectivity index (χ3n) is 2.62. The van der Waals surface area contributed by atoms with Gasteiger partial charge in [-0.15, -0.1) is 5.10 Å². The standard InChI is InChI=1S/C12H16N6O/c1-9-4-3-5-10(15-9)6-17(2)11(19)7-18-8-14-12(13)16-18/h3-5,8H,6-7H2,1-2H3,(H2,13,16). The highest BCUT2D eigenvalue weighted by Crippen LogP contribution is 2.03. The van der Waals surface area contributed by atoms with E-state index in [0.717, 1.165) is 11.4 Å². The maximum Gasteiger partial charge on any atom is 0.244 e. The first-order valence-corrected chi connectivity index (χ1v) is 5.86. The summed E-state index contributed by atoms with van der Waals surface area (Å²) < 4.78 is 1.41. The van der Waals surface area contributed by atoms with Crippen molar-refractivity contribution in [3.8, 4) is 0 Å². The van der Waals surface area contributed by atoms with Crippen LogP contribution < -0.4 is 5.73 Å². The molecule has 2 heterocycles. The Labute approximate surface area is 111 Å². The normalized spacial score (nSPS) is 10.4. The van der Waals surface area contributed by atoms with Crippen molar-refractivity contribution in [2.45, 2.75) is 20.0 Å². The van der Waals surface area contributed by atoms with Crippen LogP contribution in [0.5, 0.6) is 0 Å². The molecule has 0 bridgehead atoms. The number of aromatic nitrogens is 4. The van der Waals surface area contributed by atoms with E-state index in [1.54, 1.807) is 11.9 Å². The van der Waals surface area contributed by atoms with Gasteiger partial charge >= 0.3 is 0 Å². The van der Waals surface area contributed by atoms with E-state index in [1.807, 2.05) is 25.1 Å². The molecule has 0 aliphatic heterocycles. The molecule has 0 aromatic carbocycles. The summed E-state index contributed by atoms with van der Waals surface area (Å²) in [6, 6.07) is 5.74. The van der Waals surface area contributed by atoms with Crippen LogP contribution in [0.1, 0.15) is 11.4 Å². The van der Waals surface area contributed by atoms with Crippen LogP contribution >= 0.6 is 0 Å². The number of rotatable bonds is 4. The Bertz CT molecular complexity index is 579.